The number of rotatable bonds is 12. The molecule has 0 aliphatic carbocycles. The van der Waals surface area contributed by atoms with E-state index < -0.39 is 91.4 Å². The van der Waals surface area contributed by atoms with E-state index in [0.717, 1.165) is 27.7 Å². The van der Waals surface area contributed by atoms with Crippen molar-refractivity contribution in [1.82, 2.24) is 0 Å². The molecule has 0 amide bonds. The second-order valence-corrected chi connectivity index (χ2v) is 9.17. The summed E-state index contributed by atoms with van der Waals surface area (Å²) in [6.45, 7) is 6.34. The average Bonchev–Trinajstić information content (AvgIpc) is 2.87. The van der Waals surface area contributed by atoms with Gasteiger partial charge >= 0.3 is 35.8 Å². The maximum atomic E-state index is 11.9. The molecule has 2 aliphatic rings. The maximum Gasteiger partial charge on any atom is 0.303 e. The van der Waals surface area contributed by atoms with E-state index >= 15 is 0 Å². The Labute approximate surface area is 241 Å². The molecule has 2 heterocycles. The van der Waals surface area contributed by atoms with Gasteiger partial charge in [-0.15, -0.1) is 0 Å². The molecule has 0 aromatic heterocycles. The monoisotopic (exact) mass is 601 g/mol. The van der Waals surface area contributed by atoms with Gasteiger partial charge in [0.2, 0.25) is 6.10 Å². The summed E-state index contributed by atoms with van der Waals surface area (Å²) in [4.78, 5) is 75.1. The van der Waals surface area contributed by atoms with Gasteiger partial charge in [-0.2, -0.15) is 0 Å². The molecule has 1 saturated heterocycles. The van der Waals surface area contributed by atoms with Crippen LogP contribution in [0.2, 0.25) is 0 Å². The van der Waals surface area contributed by atoms with Crippen LogP contribution in [-0.4, -0.2) is 104 Å². The van der Waals surface area contributed by atoms with Crippen molar-refractivity contribution < 1.29 is 71.5 Å². The number of ether oxygens (including phenoxy) is 8. The molecule has 0 spiro atoms. The van der Waals surface area contributed by atoms with Gasteiger partial charge in [-0.1, -0.05) is 11.2 Å². The number of hydrogen-bond donors (Lipinski definition) is 0. The molecular weight excluding hydrogens is 566 g/mol. The van der Waals surface area contributed by atoms with E-state index in [2.05, 4.69) is 5.16 Å². The standard InChI is InChI=1S/C26H35NO15/c1-13(28)34-11-21-20(36-15(3)30)8-7-19(40-21)9-10-27-42-26-25(39-18(6)33)24(38-17(5)32)23(37-16(4)31)22(41-26)12-35-14(2)29/h7-8,10,19-26H,9,11-12H2,1-6H3/b27-10+/t19-,20-,21+,22+,23+,24-,25+,26-/m0/s1. The van der Waals surface area contributed by atoms with Crippen molar-refractivity contribution in [2.75, 3.05) is 13.2 Å². The molecule has 0 aromatic rings. The molecule has 0 unspecified atom stereocenters. The fourth-order valence-corrected chi connectivity index (χ4v) is 4.00. The number of oxime groups is 1. The summed E-state index contributed by atoms with van der Waals surface area (Å²) in [7, 11) is 0. The van der Waals surface area contributed by atoms with Crippen LogP contribution < -0.4 is 0 Å². The maximum absolute atomic E-state index is 11.9. The summed E-state index contributed by atoms with van der Waals surface area (Å²) in [6, 6.07) is 0. The second-order valence-electron chi connectivity index (χ2n) is 9.17. The Morgan fingerprint density at radius 2 is 1.17 bits per heavy atom. The topological polar surface area (TPSA) is 198 Å². The quantitative estimate of drug-likeness (QED) is 0.0971. The first-order chi connectivity index (χ1) is 19.8. The predicted molar refractivity (Wildman–Crippen MR) is 136 cm³/mol. The zero-order valence-corrected chi connectivity index (χ0v) is 24.0. The van der Waals surface area contributed by atoms with Crippen LogP contribution in [0.5, 0.6) is 0 Å². The third-order valence-electron chi connectivity index (χ3n) is 5.51. The van der Waals surface area contributed by atoms with Crippen LogP contribution in [0.15, 0.2) is 17.3 Å². The van der Waals surface area contributed by atoms with Crippen LogP contribution in [0.1, 0.15) is 48.0 Å². The van der Waals surface area contributed by atoms with E-state index in [1.807, 2.05) is 0 Å². The summed E-state index contributed by atoms with van der Waals surface area (Å²) >= 11 is 0. The summed E-state index contributed by atoms with van der Waals surface area (Å²) in [5.41, 5.74) is 0. The van der Waals surface area contributed by atoms with E-state index in [4.69, 9.17) is 42.7 Å². The van der Waals surface area contributed by atoms with Crippen molar-refractivity contribution in [2.24, 2.45) is 5.16 Å². The molecule has 2 aliphatic heterocycles. The normalized spacial score (nSPS) is 28.7. The minimum atomic E-state index is -1.49. The fourth-order valence-electron chi connectivity index (χ4n) is 4.00. The highest BCUT2D eigenvalue weighted by atomic mass is 16.8. The summed E-state index contributed by atoms with van der Waals surface area (Å²) < 4.78 is 42.8. The van der Waals surface area contributed by atoms with Crippen LogP contribution in [-0.2, 0) is 71.5 Å². The molecule has 1 fully saturated rings. The SMILES string of the molecule is CC(=O)OC[C@H]1O[C@@H](O/N=C/C[C@@H]2C=C[C@H](OC(C)=O)[C@@H](COC(C)=O)O2)[C@H](OC(C)=O)[C@@H](OC(C)=O)[C@@H]1OC(C)=O. The Bertz CT molecular complexity index is 1060. The minimum absolute atomic E-state index is 0.130. The number of esters is 6. The Morgan fingerprint density at radius 1 is 0.643 bits per heavy atom. The van der Waals surface area contributed by atoms with Crippen molar-refractivity contribution in [2.45, 2.75) is 97.0 Å². The number of nitrogens with zero attached hydrogens (tertiary/aromatic N) is 1. The molecule has 0 aromatic carbocycles. The number of carbonyl (C=O) groups is 6. The molecule has 0 saturated carbocycles. The first-order valence-corrected chi connectivity index (χ1v) is 12.9. The molecule has 0 N–H and O–H groups in total. The summed E-state index contributed by atoms with van der Waals surface area (Å²) in [6.07, 6.45) is -4.35. The predicted octanol–water partition coefficient (Wildman–Crippen LogP) is 0.280. The van der Waals surface area contributed by atoms with Gasteiger partial charge in [0.05, 0.1) is 6.10 Å². The lowest BCUT2D eigenvalue weighted by molar-refractivity contribution is -0.308. The van der Waals surface area contributed by atoms with Crippen molar-refractivity contribution >= 4 is 42.0 Å². The van der Waals surface area contributed by atoms with Crippen LogP contribution in [0.3, 0.4) is 0 Å². The number of carbonyl (C=O) groups excluding carboxylic acids is 6. The highest BCUT2D eigenvalue weighted by Crippen LogP contribution is 2.30. The van der Waals surface area contributed by atoms with E-state index in [1.54, 1.807) is 12.2 Å². The van der Waals surface area contributed by atoms with Gasteiger partial charge in [-0.3, -0.25) is 28.8 Å². The summed E-state index contributed by atoms with van der Waals surface area (Å²) in [5.74, 6) is -4.09. The molecular formula is C26H35NO15. The molecule has 234 valence electrons. The zero-order valence-electron chi connectivity index (χ0n) is 24.0. The van der Waals surface area contributed by atoms with E-state index in [0.29, 0.717) is 0 Å². The number of hydrogen-bond acceptors (Lipinski definition) is 16. The summed E-state index contributed by atoms with van der Waals surface area (Å²) in [5, 5.41) is 3.86. The lowest BCUT2D eigenvalue weighted by atomic mass is 9.98. The van der Waals surface area contributed by atoms with E-state index in [1.165, 1.54) is 20.1 Å². The Balaban J connectivity index is 2.21. The Hall–Kier alpha value is -4.05. The largest absolute Gasteiger partial charge is 0.463 e. The van der Waals surface area contributed by atoms with Crippen LogP contribution in [0.4, 0.5) is 0 Å². The average molecular weight is 602 g/mol. The van der Waals surface area contributed by atoms with Gasteiger partial charge in [0.1, 0.15) is 31.5 Å². The molecule has 0 radical (unpaired) electrons. The van der Waals surface area contributed by atoms with Crippen molar-refractivity contribution in [3.8, 4) is 0 Å². The molecule has 16 nitrogen and oxygen atoms in total. The van der Waals surface area contributed by atoms with Crippen LogP contribution in [0.25, 0.3) is 0 Å². The first kappa shape index (κ1) is 34.2. The van der Waals surface area contributed by atoms with Gasteiger partial charge in [0.15, 0.2) is 12.2 Å². The molecule has 16 heteroatoms. The van der Waals surface area contributed by atoms with Gasteiger partial charge in [0, 0.05) is 54.2 Å². The van der Waals surface area contributed by atoms with Crippen LogP contribution >= 0.6 is 0 Å². The van der Waals surface area contributed by atoms with Crippen molar-refractivity contribution in [3.63, 3.8) is 0 Å². The van der Waals surface area contributed by atoms with Crippen molar-refractivity contribution in [3.05, 3.63) is 12.2 Å². The van der Waals surface area contributed by atoms with Gasteiger partial charge in [0.25, 0.3) is 6.29 Å². The van der Waals surface area contributed by atoms with Gasteiger partial charge in [-0.05, 0) is 6.08 Å². The first-order valence-electron chi connectivity index (χ1n) is 12.9. The smallest absolute Gasteiger partial charge is 0.303 e. The zero-order chi connectivity index (χ0) is 31.4. The van der Waals surface area contributed by atoms with Crippen molar-refractivity contribution in [1.29, 1.82) is 0 Å². The lowest BCUT2D eigenvalue weighted by Gasteiger charge is -2.42. The van der Waals surface area contributed by atoms with Gasteiger partial charge in [-0.25, -0.2) is 0 Å². The van der Waals surface area contributed by atoms with E-state index in [9.17, 15) is 28.8 Å². The lowest BCUT2D eigenvalue weighted by Crippen LogP contribution is -2.62. The third kappa shape index (κ3) is 11.4. The second kappa shape index (κ2) is 16.4. The molecule has 42 heavy (non-hydrogen) atoms. The fraction of sp³-hybridized carbons (Fsp3) is 0.654. The Morgan fingerprint density at radius 3 is 1.71 bits per heavy atom. The minimum Gasteiger partial charge on any atom is -0.463 e. The highest BCUT2D eigenvalue weighted by molar-refractivity contribution is 5.69. The molecule has 2 rings (SSSR count). The Kier molecular flexibility index (Phi) is 13.3. The van der Waals surface area contributed by atoms with E-state index in [-0.39, 0.29) is 13.0 Å². The third-order valence-corrected chi connectivity index (χ3v) is 5.51. The molecule has 0 bridgehead atoms. The van der Waals surface area contributed by atoms with Gasteiger partial charge < -0.3 is 42.7 Å². The van der Waals surface area contributed by atoms with Crippen LogP contribution in [0, 0.1) is 0 Å². The molecule has 8 atom stereocenters. The highest BCUT2D eigenvalue weighted by Gasteiger charge is 2.53.